The Hall–Kier alpha value is -1.89. The summed E-state index contributed by atoms with van der Waals surface area (Å²) in [5, 5.41) is 0. The molecule has 130 valence electrons. The zero-order chi connectivity index (χ0) is 16.6. The van der Waals surface area contributed by atoms with Crippen molar-refractivity contribution >= 4 is 17.7 Å². The van der Waals surface area contributed by atoms with Gasteiger partial charge in [0, 0.05) is 45.1 Å². The Morgan fingerprint density at radius 1 is 1.25 bits per heavy atom. The maximum absolute atomic E-state index is 13.3. The van der Waals surface area contributed by atoms with Crippen LogP contribution >= 0.6 is 0 Å². The summed E-state index contributed by atoms with van der Waals surface area (Å²) in [7, 11) is 0. The summed E-state index contributed by atoms with van der Waals surface area (Å²) in [5.41, 5.74) is 5.50. The molecule has 0 aliphatic carbocycles. The van der Waals surface area contributed by atoms with Crippen LogP contribution in [0, 0.1) is 5.41 Å². The van der Waals surface area contributed by atoms with Crippen LogP contribution in [0.15, 0.2) is 12.3 Å². The lowest BCUT2D eigenvalue weighted by atomic mass is 9.77. The maximum Gasteiger partial charge on any atom is 0.230 e. The number of nitrogens with two attached hydrogens (primary N) is 1. The highest BCUT2D eigenvalue weighted by Gasteiger charge is 2.50. The van der Waals surface area contributed by atoms with Crippen molar-refractivity contribution in [1.82, 2.24) is 14.9 Å². The molecule has 3 fully saturated rings. The molecule has 1 amide bonds. The molecule has 3 aliphatic heterocycles. The summed E-state index contributed by atoms with van der Waals surface area (Å²) in [4.78, 5) is 26.2. The van der Waals surface area contributed by atoms with E-state index in [1.54, 1.807) is 12.3 Å². The molecule has 1 unspecified atom stereocenters. The van der Waals surface area contributed by atoms with E-state index in [1.807, 2.05) is 0 Å². The minimum atomic E-state index is -0.273. The molecular formula is C17H25N5O2. The van der Waals surface area contributed by atoms with Crippen molar-refractivity contribution in [2.24, 2.45) is 5.41 Å². The molecule has 0 saturated carbocycles. The lowest BCUT2D eigenvalue weighted by molar-refractivity contribution is -0.149. The van der Waals surface area contributed by atoms with Crippen molar-refractivity contribution in [2.75, 3.05) is 43.5 Å². The van der Waals surface area contributed by atoms with E-state index in [0.717, 1.165) is 58.4 Å². The van der Waals surface area contributed by atoms with Gasteiger partial charge in [-0.3, -0.25) is 4.79 Å². The number of piperidine rings is 1. The van der Waals surface area contributed by atoms with E-state index in [0.29, 0.717) is 30.3 Å². The van der Waals surface area contributed by atoms with E-state index in [4.69, 9.17) is 10.5 Å². The van der Waals surface area contributed by atoms with Crippen LogP contribution in [0.25, 0.3) is 0 Å². The van der Waals surface area contributed by atoms with Gasteiger partial charge in [-0.15, -0.1) is 0 Å². The number of likely N-dealkylation sites (tertiary alicyclic amines) is 1. The molecule has 7 nitrogen and oxygen atoms in total. The van der Waals surface area contributed by atoms with E-state index in [9.17, 15) is 4.79 Å². The lowest BCUT2D eigenvalue weighted by Crippen LogP contribution is -2.54. The summed E-state index contributed by atoms with van der Waals surface area (Å²) in [6, 6.07) is 2.04. The minimum Gasteiger partial charge on any atom is -0.384 e. The van der Waals surface area contributed by atoms with Gasteiger partial charge in [-0.05, 0) is 38.2 Å². The van der Waals surface area contributed by atoms with Crippen LogP contribution in [-0.4, -0.2) is 59.7 Å². The highest BCUT2D eigenvalue weighted by Crippen LogP contribution is 2.42. The fourth-order valence-corrected chi connectivity index (χ4v) is 4.38. The lowest BCUT2D eigenvalue weighted by Gasteiger charge is -2.44. The van der Waals surface area contributed by atoms with Crippen LogP contribution in [0.4, 0.5) is 11.8 Å². The summed E-state index contributed by atoms with van der Waals surface area (Å²) in [5.74, 6) is 1.44. The number of hydrogen-bond donors (Lipinski definition) is 1. The Balaban J connectivity index is 1.51. The van der Waals surface area contributed by atoms with E-state index < -0.39 is 0 Å². The van der Waals surface area contributed by atoms with Crippen LogP contribution in [0.1, 0.15) is 32.1 Å². The van der Waals surface area contributed by atoms with Gasteiger partial charge in [0.1, 0.15) is 5.82 Å². The van der Waals surface area contributed by atoms with Crippen LogP contribution in [-0.2, 0) is 9.53 Å². The van der Waals surface area contributed by atoms with Crippen molar-refractivity contribution in [3.63, 3.8) is 0 Å². The zero-order valence-corrected chi connectivity index (χ0v) is 14.0. The van der Waals surface area contributed by atoms with Gasteiger partial charge in [-0.2, -0.15) is 4.98 Å². The molecule has 0 radical (unpaired) electrons. The van der Waals surface area contributed by atoms with Gasteiger partial charge < -0.3 is 20.3 Å². The van der Waals surface area contributed by atoms with Crippen molar-refractivity contribution in [1.29, 1.82) is 0 Å². The first-order chi connectivity index (χ1) is 11.7. The molecule has 1 aromatic heterocycles. The van der Waals surface area contributed by atoms with Gasteiger partial charge >= 0.3 is 0 Å². The standard InChI is InChI=1S/C17H25N5O2/c18-14-2-7-19-16(20-14)21-9-6-17(12-21)5-1-8-22(15(17)23)13-3-10-24-11-4-13/h2,7,13H,1,3-6,8-12H2,(H2,18,19,20). The summed E-state index contributed by atoms with van der Waals surface area (Å²) in [6.07, 6.45) is 6.52. The smallest absolute Gasteiger partial charge is 0.230 e. The number of hydrogen-bond acceptors (Lipinski definition) is 6. The number of carbonyl (C=O) groups is 1. The molecule has 4 heterocycles. The maximum atomic E-state index is 13.3. The molecule has 3 aliphatic rings. The number of nitrogens with zero attached hydrogens (tertiary/aromatic N) is 4. The van der Waals surface area contributed by atoms with Gasteiger partial charge in [0.2, 0.25) is 11.9 Å². The quantitative estimate of drug-likeness (QED) is 0.872. The van der Waals surface area contributed by atoms with Gasteiger partial charge in [0.05, 0.1) is 5.41 Å². The van der Waals surface area contributed by atoms with E-state index in [2.05, 4.69) is 19.8 Å². The summed E-state index contributed by atoms with van der Waals surface area (Å²) >= 11 is 0. The van der Waals surface area contributed by atoms with Crippen molar-refractivity contribution in [2.45, 2.75) is 38.1 Å². The first kappa shape index (κ1) is 15.6. The zero-order valence-electron chi connectivity index (χ0n) is 14.0. The van der Waals surface area contributed by atoms with Gasteiger partial charge in [-0.1, -0.05) is 0 Å². The second kappa shape index (κ2) is 6.20. The third-order valence-electron chi connectivity index (χ3n) is 5.70. The predicted molar refractivity (Wildman–Crippen MR) is 90.5 cm³/mol. The molecule has 1 aromatic rings. The number of amides is 1. The molecule has 1 atom stereocenters. The van der Waals surface area contributed by atoms with Crippen LogP contribution in [0.2, 0.25) is 0 Å². The van der Waals surface area contributed by atoms with Gasteiger partial charge in [0.25, 0.3) is 0 Å². The number of rotatable bonds is 2. The third kappa shape index (κ3) is 2.70. The fourth-order valence-electron chi connectivity index (χ4n) is 4.38. The molecule has 1 spiro atoms. The molecule has 7 heteroatoms. The van der Waals surface area contributed by atoms with E-state index in [-0.39, 0.29) is 5.41 Å². The van der Waals surface area contributed by atoms with Crippen LogP contribution in [0.3, 0.4) is 0 Å². The fraction of sp³-hybridized carbons (Fsp3) is 0.706. The Morgan fingerprint density at radius 3 is 2.88 bits per heavy atom. The van der Waals surface area contributed by atoms with Crippen molar-refractivity contribution in [3.8, 4) is 0 Å². The molecule has 0 aromatic carbocycles. The van der Waals surface area contributed by atoms with Gasteiger partial charge in [-0.25, -0.2) is 4.98 Å². The molecule has 2 N–H and O–H groups in total. The SMILES string of the molecule is Nc1ccnc(N2CCC3(CCCN(C4CCOCC4)C3=O)C2)n1. The number of aromatic nitrogens is 2. The second-order valence-electron chi connectivity index (χ2n) is 7.18. The molecule has 24 heavy (non-hydrogen) atoms. The monoisotopic (exact) mass is 331 g/mol. The molecule has 4 rings (SSSR count). The predicted octanol–water partition coefficient (Wildman–Crippen LogP) is 1.06. The minimum absolute atomic E-state index is 0.273. The highest BCUT2D eigenvalue weighted by atomic mass is 16.5. The number of nitrogen functional groups attached to an aromatic ring is 1. The average Bonchev–Trinajstić information content (AvgIpc) is 3.03. The summed E-state index contributed by atoms with van der Waals surface area (Å²) < 4.78 is 5.45. The van der Waals surface area contributed by atoms with Crippen LogP contribution < -0.4 is 10.6 Å². The average molecular weight is 331 g/mol. The Morgan fingerprint density at radius 2 is 2.08 bits per heavy atom. The summed E-state index contributed by atoms with van der Waals surface area (Å²) in [6.45, 7) is 3.95. The van der Waals surface area contributed by atoms with E-state index in [1.165, 1.54) is 0 Å². The topological polar surface area (TPSA) is 84.6 Å². The largest absolute Gasteiger partial charge is 0.384 e. The van der Waals surface area contributed by atoms with Gasteiger partial charge in [0.15, 0.2) is 0 Å². The Labute approximate surface area is 142 Å². The van der Waals surface area contributed by atoms with Crippen molar-refractivity contribution < 1.29 is 9.53 Å². The number of carbonyl (C=O) groups excluding carboxylic acids is 1. The first-order valence-corrected chi connectivity index (χ1v) is 8.90. The van der Waals surface area contributed by atoms with Crippen LogP contribution in [0.5, 0.6) is 0 Å². The molecular weight excluding hydrogens is 306 g/mol. The Kier molecular flexibility index (Phi) is 4.04. The van der Waals surface area contributed by atoms with Crippen molar-refractivity contribution in [3.05, 3.63) is 12.3 Å². The van der Waals surface area contributed by atoms with E-state index >= 15 is 0 Å². The number of anilines is 2. The highest BCUT2D eigenvalue weighted by molar-refractivity contribution is 5.85. The third-order valence-corrected chi connectivity index (χ3v) is 5.70. The number of ether oxygens (including phenoxy) is 1. The first-order valence-electron chi connectivity index (χ1n) is 8.90. The molecule has 0 bridgehead atoms. The Bertz CT molecular complexity index is 619. The second-order valence-corrected chi connectivity index (χ2v) is 7.18. The normalized spacial score (nSPS) is 28.8. The molecule has 3 saturated heterocycles.